The zero-order chi connectivity index (χ0) is 14.2. The van der Waals surface area contributed by atoms with Crippen LogP contribution in [0.15, 0.2) is 24.5 Å². The van der Waals surface area contributed by atoms with Gasteiger partial charge in [0, 0.05) is 44.5 Å². The minimum atomic E-state index is -0.0944. The van der Waals surface area contributed by atoms with Crippen LogP contribution in [0, 0.1) is 0 Å². The van der Waals surface area contributed by atoms with E-state index in [1.54, 1.807) is 0 Å². The summed E-state index contributed by atoms with van der Waals surface area (Å²) >= 11 is 0. The summed E-state index contributed by atoms with van der Waals surface area (Å²) in [5.41, 5.74) is 1.28. The normalized spacial score (nSPS) is 19.8. The molecule has 0 bridgehead atoms. The van der Waals surface area contributed by atoms with E-state index in [1.165, 1.54) is 5.56 Å². The van der Waals surface area contributed by atoms with Crippen molar-refractivity contribution in [2.75, 3.05) is 32.8 Å². The first-order valence-corrected chi connectivity index (χ1v) is 7.31. The number of carbonyl (C=O) groups excluding carboxylic acids is 1. The molecule has 0 saturated carbocycles. The number of nitrogens with one attached hydrogen (secondary N) is 1. The van der Waals surface area contributed by atoms with Gasteiger partial charge in [-0.1, -0.05) is 0 Å². The summed E-state index contributed by atoms with van der Waals surface area (Å²) in [4.78, 5) is 17.9. The molecule has 0 radical (unpaired) electrons. The molecular formula is C15H23N3O2. The number of carbonyl (C=O) groups is 1. The summed E-state index contributed by atoms with van der Waals surface area (Å²) in [5, 5.41) is 3.43. The summed E-state index contributed by atoms with van der Waals surface area (Å²) in [6, 6.07) is 4.50. The molecular weight excluding hydrogens is 254 g/mol. The van der Waals surface area contributed by atoms with Gasteiger partial charge < -0.3 is 10.1 Å². The standard InChI is InChI=1S/C15H23N3O2/c1-2-20-15(19)4-3-10-18-11-9-17-12-14(18)13-5-7-16-8-6-13/h5-8,14,17H,2-4,9-12H2,1H3. The predicted molar refractivity (Wildman–Crippen MR) is 77.3 cm³/mol. The van der Waals surface area contributed by atoms with Gasteiger partial charge in [0.15, 0.2) is 0 Å². The van der Waals surface area contributed by atoms with Gasteiger partial charge in [0.2, 0.25) is 0 Å². The molecule has 1 aliphatic rings. The third kappa shape index (κ3) is 4.28. The van der Waals surface area contributed by atoms with Gasteiger partial charge in [-0.25, -0.2) is 0 Å². The Morgan fingerprint density at radius 1 is 1.50 bits per heavy atom. The van der Waals surface area contributed by atoms with Gasteiger partial charge in [-0.05, 0) is 37.6 Å². The molecule has 1 aromatic rings. The second-order valence-corrected chi connectivity index (χ2v) is 4.95. The van der Waals surface area contributed by atoms with Gasteiger partial charge in [0.1, 0.15) is 0 Å². The second kappa shape index (κ2) is 7.97. The average molecular weight is 277 g/mol. The minimum Gasteiger partial charge on any atom is -0.466 e. The summed E-state index contributed by atoms with van der Waals surface area (Å²) in [7, 11) is 0. The quantitative estimate of drug-likeness (QED) is 0.796. The van der Waals surface area contributed by atoms with Crippen molar-refractivity contribution in [1.82, 2.24) is 15.2 Å². The Balaban J connectivity index is 1.86. The maximum atomic E-state index is 11.4. The monoisotopic (exact) mass is 277 g/mol. The van der Waals surface area contributed by atoms with Crippen LogP contribution in [0.3, 0.4) is 0 Å². The molecule has 0 aliphatic carbocycles. The zero-order valence-corrected chi connectivity index (χ0v) is 12.0. The second-order valence-electron chi connectivity index (χ2n) is 4.95. The maximum absolute atomic E-state index is 11.4. The van der Waals surface area contributed by atoms with E-state index in [0.29, 0.717) is 19.1 Å². The van der Waals surface area contributed by atoms with E-state index in [1.807, 2.05) is 19.3 Å². The van der Waals surface area contributed by atoms with Crippen molar-refractivity contribution in [2.24, 2.45) is 0 Å². The molecule has 1 fully saturated rings. The Hall–Kier alpha value is -1.46. The number of nitrogens with zero attached hydrogens (tertiary/aromatic N) is 2. The molecule has 1 saturated heterocycles. The average Bonchev–Trinajstić information content (AvgIpc) is 2.49. The molecule has 0 spiro atoms. The van der Waals surface area contributed by atoms with Gasteiger partial charge in [0.05, 0.1) is 6.61 Å². The SMILES string of the molecule is CCOC(=O)CCCN1CCNCC1c1ccncc1. The van der Waals surface area contributed by atoms with E-state index in [-0.39, 0.29) is 5.97 Å². The highest BCUT2D eigenvalue weighted by Gasteiger charge is 2.23. The first kappa shape index (κ1) is 14.9. The van der Waals surface area contributed by atoms with Crippen molar-refractivity contribution in [2.45, 2.75) is 25.8 Å². The highest BCUT2D eigenvalue weighted by molar-refractivity contribution is 5.69. The molecule has 110 valence electrons. The zero-order valence-electron chi connectivity index (χ0n) is 12.0. The Kier molecular flexibility index (Phi) is 5.95. The highest BCUT2D eigenvalue weighted by Crippen LogP contribution is 2.21. The van der Waals surface area contributed by atoms with Crippen LogP contribution < -0.4 is 5.32 Å². The molecule has 1 unspecified atom stereocenters. The number of esters is 1. The van der Waals surface area contributed by atoms with Crippen molar-refractivity contribution < 1.29 is 9.53 Å². The molecule has 2 heterocycles. The van der Waals surface area contributed by atoms with Gasteiger partial charge in [0.25, 0.3) is 0 Å². The lowest BCUT2D eigenvalue weighted by Gasteiger charge is -2.36. The smallest absolute Gasteiger partial charge is 0.305 e. The van der Waals surface area contributed by atoms with Crippen molar-refractivity contribution >= 4 is 5.97 Å². The van der Waals surface area contributed by atoms with Gasteiger partial charge >= 0.3 is 5.97 Å². The Bertz CT molecular complexity index is 411. The van der Waals surface area contributed by atoms with E-state index in [0.717, 1.165) is 32.6 Å². The summed E-state index contributed by atoms with van der Waals surface area (Å²) in [6.45, 7) is 6.19. The van der Waals surface area contributed by atoms with Crippen molar-refractivity contribution in [3.8, 4) is 0 Å². The lowest BCUT2D eigenvalue weighted by atomic mass is 10.0. The number of aromatic nitrogens is 1. The van der Waals surface area contributed by atoms with Gasteiger partial charge in [-0.3, -0.25) is 14.7 Å². The van der Waals surface area contributed by atoms with E-state index in [4.69, 9.17) is 4.74 Å². The number of hydrogen-bond acceptors (Lipinski definition) is 5. The van der Waals surface area contributed by atoms with Crippen LogP contribution in [-0.4, -0.2) is 48.6 Å². The molecule has 2 rings (SSSR count). The van der Waals surface area contributed by atoms with Gasteiger partial charge in [-0.2, -0.15) is 0 Å². The van der Waals surface area contributed by atoms with Crippen molar-refractivity contribution in [1.29, 1.82) is 0 Å². The fourth-order valence-electron chi connectivity index (χ4n) is 2.59. The Morgan fingerprint density at radius 2 is 2.30 bits per heavy atom. The van der Waals surface area contributed by atoms with Crippen LogP contribution in [0.2, 0.25) is 0 Å². The fourth-order valence-corrected chi connectivity index (χ4v) is 2.59. The van der Waals surface area contributed by atoms with E-state index in [9.17, 15) is 4.79 Å². The highest BCUT2D eigenvalue weighted by atomic mass is 16.5. The molecule has 1 aliphatic heterocycles. The van der Waals surface area contributed by atoms with Crippen LogP contribution >= 0.6 is 0 Å². The summed E-state index contributed by atoms with van der Waals surface area (Å²) in [6.07, 6.45) is 5.02. The Labute approximate surface area is 120 Å². The molecule has 5 nitrogen and oxygen atoms in total. The molecule has 0 amide bonds. The van der Waals surface area contributed by atoms with Crippen molar-refractivity contribution in [3.05, 3.63) is 30.1 Å². The number of piperazine rings is 1. The van der Waals surface area contributed by atoms with Gasteiger partial charge in [-0.15, -0.1) is 0 Å². The Morgan fingerprint density at radius 3 is 3.05 bits per heavy atom. The van der Waals surface area contributed by atoms with Crippen LogP contribution in [-0.2, 0) is 9.53 Å². The van der Waals surface area contributed by atoms with E-state index >= 15 is 0 Å². The molecule has 0 aromatic carbocycles. The number of pyridine rings is 1. The van der Waals surface area contributed by atoms with E-state index < -0.39 is 0 Å². The van der Waals surface area contributed by atoms with Crippen LogP contribution in [0.4, 0.5) is 0 Å². The first-order chi connectivity index (χ1) is 9.81. The third-order valence-corrected chi connectivity index (χ3v) is 3.58. The molecule has 1 aromatic heterocycles. The van der Waals surface area contributed by atoms with Crippen LogP contribution in [0.5, 0.6) is 0 Å². The minimum absolute atomic E-state index is 0.0944. The molecule has 20 heavy (non-hydrogen) atoms. The largest absolute Gasteiger partial charge is 0.466 e. The molecule has 1 atom stereocenters. The van der Waals surface area contributed by atoms with Crippen LogP contribution in [0.25, 0.3) is 0 Å². The van der Waals surface area contributed by atoms with Crippen molar-refractivity contribution in [3.63, 3.8) is 0 Å². The maximum Gasteiger partial charge on any atom is 0.305 e. The lowest BCUT2D eigenvalue weighted by Crippen LogP contribution is -2.46. The van der Waals surface area contributed by atoms with Crippen LogP contribution in [0.1, 0.15) is 31.4 Å². The lowest BCUT2D eigenvalue weighted by molar-refractivity contribution is -0.143. The first-order valence-electron chi connectivity index (χ1n) is 7.31. The fraction of sp³-hybridized carbons (Fsp3) is 0.600. The summed E-state index contributed by atoms with van der Waals surface area (Å²) in [5.74, 6) is -0.0944. The number of ether oxygens (including phenoxy) is 1. The third-order valence-electron chi connectivity index (χ3n) is 3.58. The number of rotatable bonds is 6. The predicted octanol–water partition coefficient (Wildman–Crippen LogP) is 1.37. The summed E-state index contributed by atoms with van der Waals surface area (Å²) < 4.78 is 4.96. The van der Waals surface area contributed by atoms with E-state index in [2.05, 4.69) is 27.3 Å². The molecule has 1 N–H and O–H groups in total. The topological polar surface area (TPSA) is 54.5 Å². The number of hydrogen-bond donors (Lipinski definition) is 1. The molecule has 5 heteroatoms.